The summed E-state index contributed by atoms with van der Waals surface area (Å²) in [6, 6.07) is 17.7. The lowest BCUT2D eigenvalue weighted by Gasteiger charge is -2.12. The fourth-order valence-corrected chi connectivity index (χ4v) is 3.39. The monoisotopic (exact) mass is 433 g/mol. The summed E-state index contributed by atoms with van der Waals surface area (Å²) in [5.41, 5.74) is 4.37. The summed E-state index contributed by atoms with van der Waals surface area (Å²) in [5.74, 6) is -0.541. The molecule has 3 aromatic carbocycles. The average Bonchev–Trinajstić information content (AvgIpc) is 3.18. The molecule has 0 unspecified atom stereocenters. The Morgan fingerprint density at radius 2 is 1.79 bits per heavy atom. The minimum absolute atomic E-state index is 0.215. The van der Waals surface area contributed by atoms with Crippen molar-refractivity contribution in [1.29, 1.82) is 0 Å². The third kappa shape index (κ3) is 3.46. The molecule has 0 saturated heterocycles. The number of nitrogens with one attached hydrogen (secondary N) is 2. The van der Waals surface area contributed by atoms with Crippen LogP contribution < -0.4 is 5.32 Å². The van der Waals surface area contributed by atoms with Gasteiger partial charge in [0.25, 0.3) is 5.91 Å². The number of H-pyrrole nitrogens is 1. The van der Waals surface area contributed by atoms with E-state index in [1.54, 1.807) is 48.8 Å². The number of carbonyl (C=O) groups is 2. The van der Waals surface area contributed by atoms with Crippen LogP contribution in [0.2, 0.25) is 0 Å². The zero-order chi connectivity index (χ0) is 19.7. The lowest BCUT2D eigenvalue weighted by atomic mass is 9.97. The van der Waals surface area contributed by atoms with Crippen LogP contribution in [0.3, 0.4) is 0 Å². The Balaban J connectivity index is 1.68. The van der Waals surface area contributed by atoms with Crippen LogP contribution in [0.15, 0.2) is 71.5 Å². The number of fused-ring (bicyclic) bond motifs is 1. The Kier molecular flexibility index (Phi) is 4.79. The summed E-state index contributed by atoms with van der Waals surface area (Å²) in [6.45, 7) is 1.92. The molecule has 0 atom stereocenters. The Labute approximate surface area is 169 Å². The molecule has 4 rings (SSSR count). The number of imidazole rings is 1. The fraction of sp³-hybridized carbons (Fsp3) is 0.0455. The zero-order valence-electron chi connectivity index (χ0n) is 15.0. The first-order valence-corrected chi connectivity index (χ1v) is 9.46. The smallest absolute Gasteiger partial charge is 0.256 e. The van der Waals surface area contributed by atoms with Crippen LogP contribution in [-0.2, 0) is 0 Å². The number of carbonyl (C=O) groups excluding carboxylic acids is 2. The van der Waals surface area contributed by atoms with Crippen molar-refractivity contribution >= 4 is 44.3 Å². The molecule has 28 heavy (non-hydrogen) atoms. The topological polar surface area (TPSA) is 74.8 Å². The van der Waals surface area contributed by atoms with Crippen molar-refractivity contribution in [1.82, 2.24) is 9.97 Å². The van der Waals surface area contributed by atoms with Gasteiger partial charge in [0.15, 0.2) is 5.78 Å². The molecule has 6 heteroatoms. The van der Waals surface area contributed by atoms with Gasteiger partial charge in [-0.2, -0.15) is 0 Å². The van der Waals surface area contributed by atoms with Crippen molar-refractivity contribution in [3.8, 4) is 0 Å². The van der Waals surface area contributed by atoms with Crippen LogP contribution in [0.4, 0.5) is 5.69 Å². The van der Waals surface area contributed by atoms with Gasteiger partial charge in [0.2, 0.25) is 0 Å². The van der Waals surface area contributed by atoms with Crippen molar-refractivity contribution < 1.29 is 9.59 Å². The van der Waals surface area contributed by atoms with Gasteiger partial charge in [-0.15, -0.1) is 0 Å². The fourth-order valence-electron chi connectivity index (χ4n) is 3.03. The molecular weight excluding hydrogens is 418 g/mol. The number of hydrogen-bond donors (Lipinski definition) is 2. The SMILES string of the molecule is Cc1ccc(Br)cc1NC(=O)c1ccccc1C(=O)c1ccc2nc[nH]c2c1. The van der Waals surface area contributed by atoms with E-state index in [1.165, 1.54) is 0 Å². The number of amides is 1. The second-order valence-corrected chi connectivity index (χ2v) is 7.34. The molecule has 1 heterocycles. The zero-order valence-corrected chi connectivity index (χ0v) is 16.6. The predicted octanol–water partition coefficient (Wildman–Crippen LogP) is 5.12. The quantitative estimate of drug-likeness (QED) is 0.438. The third-order valence-electron chi connectivity index (χ3n) is 4.55. The highest BCUT2D eigenvalue weighted by molar-refractivity contribution is 9.10. The summed E-state index contributed by atoms with van der Waals surface area (Å²) >= 11 is 3.41. The number of aromatic nitrogens is 2. The first kappa shape index (κ1) is 18.1. The van der Waals surface area contributed by atoms with Crippen molar-refractivity contribution in [3.63, 3.8) is 0 Å². The molecule has 4 aromatic rings. The van der Waals surface area contributed by atoms with E-state index in [0.29, 0.717) is 22.4 Å². The summed E-state index contributed by atoms with van der Waals surface area (Å²) < 4.78 is 0.866. The number of benzene rings is 3. The maximum atomic E-state index is 13.1. The molecule has 0 aliphatic heterocycles. The van der Waals surface area contributed by atoms with E-state index in [1.807, 2.05) is 25.1 Å². The molecule has 138 valence electrons. The van der Waals surface area contributed by atoms with Crippen molar-refractivity contribution in [2.45, 2.75) is 6.92 Å². The molecule has 0 spiro atoms. The van der Waals surface area contributed by atoms with E-state index in [4.69, 9.17) is 0 Å². The minimum Gasteiger partial charge on any atom is -0.345 e. The molecule has 0 radical (unpaired) electrons. The molecule has 0 saturated carbocycles. The van der Waals surface area contributed by atoms with Crippen LogP contribution in [0.5, 0.6) is 0 Å². The average molecular weight is 434 g/mol. The highest BCUT2D eigenvalue weighted by atomic mass is 79.9. The summed E-state index contributed by atoms with van der Waals surface area (Å²) in [6.07, 6.45) is 1.58. The molecule has 0 aliphatic rings. The van der Waals surface area contributed by atoms with Gasteiger partial charge in [0, 0.05) is 21.3 Å². The van der Waals surface area contributed by atoms with Gasteiger partial charge in [-0.25, -0.2) is 4.98 Å². The van der Waals surface area contributed by atoms with E-state index in [2.05, 4.69) is 31.2 Å². The van der Waals surface area contributed by atoms with E-state index < -0.39 is 0 Å². The number of anilines is 1. The van der Waals surface area contributed by atoms with Crippen LogP contribution >= 0.6 is 15.9 Å². The molecule has 2 N–H and O–H groups in total. The Hall–Kier alpha value is -3.25. The minimum atomic E-state index is -0.326. The van der Waals surface area contributed by atoms with E-state index in [-0.39, 0.29) is 11.7 Å². The van der Waals surface area contributed by atoms with Crippen molar-refractivity contribution in [3.05, 3.63) is 93.7 Å². The van der Waals surface area contributed by atoms with Gasteiger partial charge in [-0.05, 0) is 48.9 Å². The van der Waals surface area contributed by atoms with Crippen LogP contribution in [-0.4, -0.2) is 21.7 Å². The molecule has 0 fully saturated rings. The first-order chi connectivity index (χ1) is 13.5. The first-order valence-electron chi connectivity index (χ1n) is 8.67. The molecule has 1 aromatic heterocycles. The Bertz CT molecular complexity index is 1210. The number of halogens is 1. The van der Waals surface area contributed by atoms with Crippen LogP contribution in [0, 0.1) is 6.92 Å². The number of rotatable bonds is 4. The third-order valence-corrected chi connectivity index (χ3v) is 5.04. The van der Waals surface area contributed by atoms with E-state index >= 15 is 0 Å². The molecular formula is C22H16BrN3O2. The molecule has 5 nitrogen and oxygen atoms in total. The maximum absolute atomic E-state index is 13.1. The second-order valence-electron chi connectivity index (χ2n) is 6.42. The van der Waals surface area contributed by atoms with Gasteiger partial charge in [0.05, 0.1) is 22.9 Å². The van der Waals surface area contributed by atoms with Gasteiger partial charge in [-0.3, -0.25) is 9.59 Å². The standard InChI is InChI=1S/C22H16BrN3O2/c1-13-6-8-15(23)11-19(13)26-22(28)17-5-3-2-4-16(17)21(27)14-7-9-18-20(10-14)25-12-24-18/h2-12H,1H3,(H,24,25)(H,26,28). The molecule has 0 bridgehead atoms. The summed E-state index contributed by atoms with van der Waals surface area (Å²) in [5, 5.41) is 2.90. The van der Waals surface area contributed by atoms with E-state index in [0.717, 1.165) is 21.1 Å². The van der Waals surface area contributed by atoms with Crippen LogP contribution in [0.1, 0.15) is 31.8 Å². The highest BCUT2D eigenvalue weighted by Gasteiger charge is 2.19. The number of nitrogens with zero attached hydrogens (tertiary/aromatic N) is 1. The normalized spacial score (nSPS) is 10.8. The van der Waals surface area contributed by atoms with Crippen molar-refractivity contribution in [2.75, 3.05) is 5.32 Å². The van der Waals surface area contributed by atoms with Gasteiger partial charge >= 0.3 is 0 Å². The maximum Gasteiger partial charge on any atom is 0.256 e. The number of hydrogen-bond acceptors (Lipinski definition) is 3. The lowest BCUT2D eigenvalue weighted by molar-refractivity contribution is 0.0996. The molecule has 1 amide bonds. The number of aromatic amines is 1. The Morgan fingerprint density at radius 3 is 2.61 bits per heavy atom. The van der Waals surface area contributed by atoms with Gasteiger partial charge in [-0.1, -0.05) is 40.2 Å². The predicted molar refractivity (Wildman–Crippen MR) is 113 cm³/mol. The van der Waals surface area contributed by atoms with Crippen molar-refractivity contribution in [2.24, 2.45) is 0 Å². The Morgan fingerprint density at radius 1 is 1.00 bits per heavy atom. The largest absolute Gasteiger partial charge is 0.345 e. The van der Waals surface area contributed by atoms with E-state index in [9.17, 15) is 9.59 Å². The summed E-state index contributed by atoms with van der Waals surface area (Å²) in [4.78, 5) is 33.2. The highest BCUT2D eigenvalue weighted by Crippen LogP contribution is 2.23. The summed E-state index contributed by atoms with van der Waals surface area (Å²) in [7, 11) is 0. The molecule has 0 aliphatic carbocycles. The van der Waals surface area contributed by atoms with Gasteiger partial charge in [0.1, 0.15) is 0 Å². The number of aryl methyl sites for hydroxylation is 1. The number of ketones is 1. The van der Waals surface area contributed by atoms with Crippen LogP contribution in [0.25, 0.3) is 11.0 Å². The second kappa shape index (κ2) is 7.40. The lowest BCUT2D eigenvalue weighted by Crippen LogP contribution is -2.17. The van der Waals surface area contributed by atoms with Gasteiger partial charge < -0.3 is 10.3 Å².